The molecule has 0 spiro atoms. The van der Waals surface area contributed by atoms with Crippen LogP contribution >= 0.6 is 18.0 Å². The first-order chi connectivity index (χ1) is 11.3. The summed E-state index contributed by atoms with van der Waals surface area (Å²) < 4.78 is 19.9. The number of carbonyl (C=O) groups is 3. The molecule has 132 valence electrons. The van der Waals surface area contributed by atoms with Crippen molar-refractivity contribution >= 4 is 36.3 Å². The van der Waals surface area contributed by atoms with E-state index in [0.29, 0.717) is 12.8 Å². The van der Waals surface area contributed by atoms with Crippen LogP contribution in [0.1, 0.15) is 20.3 Å². The molecule has 9 heteroatoms. The summed E-state index contributed by atoms with van der Waals surface area (Å²) in [4.78, 5) is 35.4. The van der Waals surface area contributed by atoms with Crippen molar-refractivity contribution < 1.29 is 23.7 Å². The van der Waals surface area contributed by atoms with E-state index in [-0.39, 0.29) is 11.0 Å². The van der Waals surface area contributed by atoms with Crippen molar-refractivity contribution in [3.63, 3.8) is 0 Å². The monoisotopic (exact) mass is 372 g/mol. The third kappa shape index (κ3) is 4.85. The van der Waals surface area contributed by atoms with Crippen LogP contribution < -0.4 is 4.74 Å². The second-order valence-electron chi connectivity index (χ2n) is 5.03. The first-order valence-corrected chi connectivity index (χ1v) is 10.4. The van der Waals surface area contributed by atoms with Gasteiger partial charge in [-0.1, -0.05) is 43.4 Å². The number of nitrogens with zero attached hydrogens (tertiary/aromatic N) is 2. The Morgan fingerprint density at radius 3 is 2.38 bits per heavy atom. The van der Waals surface area contributed by atoms with Crippen molar-refractivity contribution in [3.05, 3.63) is 30.3 Å². The topological polar surface area (TPSA) is 84.0 Å². The van der Waals surface area contributed by atoms with Crippen LogP contribution in [-0.2, 0) is 18.9 Å². The Morgan fingerprint density at radius 1 is 1.29 bits per heavy atom. The molecule has 0 radical (unpaired) electrons. The number of carbonyl (C=O) groups excluding carboxylic acids is 3. The van der Waals surface area contributed by atoms with Crippen LogP contribution in [0.2, 0.25) is 0 Å². The van der Waals surface area contributed by atoms with Crippen LogP contribution in [0.15, 0.2) is 30.3 Å². The van der Waals surface area contributed by atoms with Gasteiger partial charge in [0, 0.05) is 19.3 Å². The van der Waals surface area contributed by atoms with E-state index in [4.69, 9.17) is 4.74 Å². The Hall–Kier alpha value is -1.79. The zero-order chi connectivity index (χ0) is 18.3. The first kappa shape index (κ1) is 20.3. The molecule has 0 N–H and O–H groups in total. The van der Waals surface area contributed by atoms with Gasteiger partial charge in [0.1, 0.15) is 5.75 Å². The van der Waals surface area contributed by atoms with Crippen LogP contribution in [0.3, 0.4) is 0 Å². The van der Waals surface area contributed by atoms with Gasteiger partial charge in [-0.3, -0.25) is 23.5 Å². The zero-order valence-corrected chi connectivity index (χ0v) is 15.8. The highest BCUT2D eigenvalue weighted by Crippen LogP contribution is 2.64. The van der Waals surface area contributed by atoms with Crippen molar-refractivity contribution in [1.82, 2.24) is 9.34 Å². The number of esters is 1. The number of para-hydroxylation sites is 1. The predicted octanol–water partition coefficient (Wildman–Crippen LogP) is 2.78. The highest BCUT2D eigenvalue weighted by atomic mass is 32.7. The van der Waals surface area contributed by atoms with Crippen LogP contribution in [0.25, 0.3) is 0 Å². The van der Waals surface area contributed by atoms with Gasteiger partial charge in [0.15, 0.2) is 0 Å². The summed E-state index contributed by atoms with van der Waals surface area (Å²) in [7, 11) is 2.54. The largest absolute Gasteiger partial charge is 0.419 e. The van der Waals surface area contributed by atoms with Crippen LogP contribution in [0.4, 0.5) is 0 Å². The molecule has 0 aliphatic carbocycles. The van der Waals surface area contributed by atoms with E-state index >= 15 is 0 Å². The van der Waals surface area contributed by atoms with E-state index in [2.05, 4.69) is 0 Å². The Labute approximate surface area is 145 Å². The number of amides is 2. The molecular formula is C15H21N2O5PS. The average molecular weight is 372 g/mol. The lowest BCUT2D eigenvalue weighted by Crippen LogP contribution is -2.37. The van der Waals surface area contributed by atoms with Gasteiger partial charge in [-0.2, -0.15) is 0 Å². The van der Waals surface area contributed by atoms with E-state index in [1.165, 1.54) is 26.2 Å². The molecule has 0 bridgehead atoms. The smallest absolute Gasteiger partial charge is 0.402 e. The molecule has 1 aromatic rings. The van der Waals surface area contributed by atoms with E-state index in [1.807, 2.05) is 13.8 Å². The van der Waals surface area contributed by atoms with Gasteiger partial charge in [0.05, 0.1) is 0 Å². The minimum absolute atomic E-state index is 0.0707. The molecule has 0 saturated carbocycles. The fraction of sp³-hybridized carbons (Fsp3) is 0.400. The predicted molar refractivity (Wildman–Crippen MR) is 93.6 cm³/mol. The standard InChI is InChI=1S/C15H21N2O5PS/c1-5-12(2)24-23(21,16(3)11-18)17(4)14(19)15(20)22-13-9-7-6-8-10-13/h6-12H,5H2,1-4H3. The summed E-state index contributed by atoms with van der Waals surface area (Å²) >= 11 is 0.987. The minimum Gasteiger partial charge on any atom is -0.419 e. The summed E-state index contributed by atoms with van der Waals surface area (Å²) in [5, 5.41) is -0.0707. The van der Waals surface area contributed by atoms with Crippen molar-refractivity contribution in [2.24, 2.45) is 0 Å². The lowest BCUT2D eigenvalue weighted by molar-refractivity contribution is -0.151. The van der Waals surface area contributed by atoms with Gasteiger partial charge >= 0.3 is 18.5 Å². The molecule has 0 aromatic heterocycles. The molecule has 0 saturated heterocycles. The van der Waals surface area contributed by atoms with Crippen molar-refractivity contribution in [1.29, 1.82) is 0 Å². The summed E-state index contributed by atoms with van der Waals surface area (Å²) in [6.45, 7) is 0.103. The lowest BCUT2D eigenvalue weighted by Gasteiger charge is -2.32. The van der Waals surface area contributed by atoms with Gasteiger partial charge in [-0.15, -0.1) is 0 Å². The number of ether oxygens (including phenoxy) is 1. The average Bonchev–Trinajstić information content (AvgIpc) is 2.59. The van der Waals surface area contributed by atoms with Crippen LogP contribution in [0, 0.1) is 0 Å². The van der Waals surface area contributed by atoms with Crippen molar-refractivity contribution in [2.45, 2.75) is 25.5 Å². The molecule has 0 aliphatic heterocycles. The summed E-state index contributed by atoms with van der Waals surface area (Å²) in [5.74, 6) is -2.03. The van der Waals surface area contributed by atoms with Gasteiger partial charge < -0.3 is 4.74 Å². The Kier molecular flexibility index (Phi) is 7.51. The molecule has 7 nitrogen and oxygen atoms in total. The SMILES string of the molecule is CCC(C)SP(=O)(N(C)C=O)N(C)C(=O)C(=O)Oc1ccccc1. The fourth-order valence-corrected chi connectivity index (χ4v) is 6.43. The normalized spacial score (nSPS) is 14.2. The maximum atomic E-state index is 13.2. The fourth-order valence-electron chi connectivity index (χ4n) is 1.61. The van der Waals surface area contributed by atoms with E-state index < -0.39 is 18.5 Å². The number of rotatable bonds is 7. The molecule has 24 heavy (non-hydrogen) atoms. The van der Waals surface area contributed by atoms with Gasteiger partial charge in [0.2, 0.25) is 6.41 Å². The molecule has 2 unspecified atom stereocenters. The molecule has 1 aromatic carbocycles. The first-order valence-electron chi connectivity index (χ1n) is 7.28. The molecular weight excluding hydrogens is 351 g/mol. The number of benzene rings is 1. The van der Waals surface area contributed by atoms with E-state index in [1.54, 1.807) is 18.2 Å². The van der Waals surface area contributed by atoms with Crippen molar-refractivity contribution in [2.75, 3.05) is 14.1 Å². The molecule has 0 fully saturated rings. The molecule has 1 rings (SSSR count). The van der Waals surface area contributed by atoms with Gasteiger partial charge in [-0.05, 0) is 18.6 Å². The molecule has 0 aliphatic rings. The number of likely N-dealkylation sites (N-methyl/N-ethyl adjacent to an activating group) is 1. The van der Waals surface area contributed by atoms with E-state index in [0.717, 1.165) is 20.7 Å². The highest BCUT2D eigenvalue weighted by molar-refractivity contribution is 8.57. The molecule has 2 atom stereocenters. The van der Waals surface area contributed by atoms with Crippen LogP contribution in [-0.4, -0.2) is 47.0 Å². The van der Waals surface area contributed by atoms with Gasteiger partial charge in [0.25, 0.3) is 0 Å². The minimum atomic E-state index is -3.62. The number of hydrogen-bond donors (Lipinski definition) is 0. The van der Waals surface area contributed by atoms with Crippen molar-refractivity contribution in [3.8, 4) is 5.75 Å². The summed E-state index contributed by atoms with van der Waals surface area (Å²) in [5.41, 5.74) is 0. The Balaban J connectivity index is 2.98. The highest BCUT2D eigenvalue weighted by Gasteiger charge is 2.40. The zero-order valence-electron chi connectivity index (χ0n) is 14.0. The summed E-state index contributed by atoms with van der Waals surface area (Å²) in [6.07, 6.45) is 1.07. The number of hydrogen-bond acceptors (Lipinski definition) is 6. The van der Waals surface area contributed by atoms with Gasteiger partial charge in [-0.25, -0.2) is 4.79 Å². The molecule has 2 amide bonds. The third-order valence-electron chi connectivity index (χ3n) is 3.24. The Morgan fingerprint density at radius 2 is 1.88 bits per heavy atom. The van der Waals surface area contributed by atoms with E-state index in [9.17, 15) is 18.9 Å². The lowest BCUT2D eigenvalue weighted by atomic mass is 10.3. The summed E-state index contributed by atoms with van der Waals surface area (Å²) in [6, 6.07) is 8.09. The Bertz CT molecular complexity index is 640. The second-order valence-corrected chi connectivity index (χ2v) is 10.3. The second kappa shape index (κ2) is 8.89. The quantitative estimate of drug-likeness (QED) is 0.241. The third-order valence-corrected chi connectivity index (χ3v) is 9.46. The maximum absolute atomic E-state index is 13.2. The maximum Gasteiger partial charge on any atom is 0.402 e. The molecule has 0 heterocycles. The van der Waals surface area contributed by atoms with Crippen LogP contribution in [0.5, 0.6) is 5.75 Å².